The summed E-state index contributed by atoms with van der Waals surface area (Å²) in [5.74, 6) is -1.25. The largest absolute Gasteiger partial charge is 0.416 e. The Morgan fingerprint density at radius 3 is 2.26 bits per heavy atom. The van der Waals surface area contributed by atoms with E-state index in [0.717, 1.165) is 12.1 Å². The molecule has 0 aliphatic rings. The summed E-state index contributed by atoms with van der Waals surface area (Å²) in [4.78, 5) is 38.2. The number of benzene rings is 2. The van der Waals surface area contributed by atoms with Gasteiger partial charge in [0.25, 0.3) is 5.91 Å². The van der Waals surface area contributed by atoms with Crippen LogP contribution in [0.1, 0.15) is 22.3 Å². The normalized spacial score (nSPS) is 11.2. The summed E-state index contributed by atoms with van der Waals surface area (Å²) in [5.41, 5.74) is -0.395. The summed E-state index contributed by atoms with van der Waals surface area (Å²) in [5, 5.41) is 7.78. The second-order valence-electron chi connectivity index (χ2n) is 7.53. The maximum Gasteiger partial charge on any atom is 0.416 e. The van der Waals surface area contributed by atoms with E-state index in [4.69, 9.17) is 4.74 Å². The second kappa shape index (κ2) is 12.7. The summed E-state index contributed by atoms with van der Waals surface area (Å²) in [6.07, 6.45) is -3.84. The van der Waals surface area contributed by atoms with Gasteiger partial charge in [-0.1, -0.05) is 12.1 Å². The zero-order valence-corrected chi connectivity index (χ0v) is 18.9. The molecule has 0 bridgehead atoms. The summed E-state index contributed by atoms with van der Waals surface area (Å²) in [6.45, 7) is 0.976. The van der Waals surface area contributed by atoms with Crippen LogP contribution in [0.15, 0.2) is 48.5 Å². The molecule has 3 amide bonds. The predicted molar refractivity (Wildman–Crippen MR) is 121 cm³/mol. The lowest BCUT2D eigenvalue weighted by Gasteiger charge is -2.16. The molecule has 11 heteroatoms. The number of nitrogens with zero attached hydrogens (tertiary/aromatic N) is 1. The fourth-order valence-electron chi connectivity index (χ4n) is 2.96. The SMILES string of the molecule is COCCCNC(=O)CN(C)CC(=O)Nc1cccc(C(=O)Nc2cccc(C(F)(F)F)c2)c1. The fraction of sp³-hybridized carbons (Fsp3) is 0.348. The minimum absolute atomic E-state index is 0.00335. The molecule has 2 aromatic carbocycles. The molecule has 2 aromatic rings. The van der Waals surface area contributed by atoms with Crippen molar-refractivity contribution in [3.63, 3.8) is 0 Å². The maximum atomic E-state index is 12.9. The van der Waals surface area contributed by atoms with Crippen molar-refractivity contribution in [3.05, 3.63) is 59.7 Å². The van der Waals surface area contributed by atoms with E-state index < -0.39 is 23.6 Å². The number of methoxy groups -OCH3 is 1. The molecule has 8 nitrogen and oxygen atoms in total. The number of carbonyl (C=O) groups excluding carboxylic acids is 3. The average Bonchev–Trinajstić information content (AvgIpc) is 2.76. The molecule has 184 valence electrons. The first-order valence-corrected chi connectivity index (χ1v) is 10.4. The first-order valence-electron chi connectivity index (χ1n) is 10.4. The zero-order chi connectivity index (χ0) is 25.1. The number of halogens is 3. The molecule has 34 heavy (non-hydrogen) atoms. The van der Waals surface area contributed by atoms with Crippen LogP contribution in [0, 0.1) is 0 Å². The molecule has 0 radical (unpaired) electrons. The number of nitrogens with one attached hydrogen (secondary N) is 3. The standard InChI is InChI=1S/C23H27F3N4O4/c1-30(14-20(31)27-10-5-11-34-2)15-21(32)28-18-8-3-6-16(12-18)22(33)29-19-9-4-7-17(13-19)23(24,25)26/h3-4,6-9,12-13H,5,10-11,14-15H2,1-2H3,(H,27,31)(H,28,32)(H,29,33). The third-order valence-electron chi connectivity index (χ3n) is 4.53. The van der Waals surface area contributed by atoms with Gasteiger partial charge >= 0.3 is 6.18 Å². The van der Waals surface area contributed by atoms with E-state index in [-0.39, 0.29) is 30.2 Å². The smallest absolute Gasteiger partial charge is 0.385 e. The van der Waals surface area contributed by atoms with Gasteiger partial charge in [-0.15, -0.1) is 0 Å². The molecule has 0 heterocycles. The van der Waals surface area contributed by atoms with Crippen molar-refractivity contribution < 1.29 is 32.3 Å². The Morgan fingerprint density at radius 1 is 0.941 bits per heavy atom. The Kier molecular flexibility index (Phi) is 10.0. The van der Waals surface area contributed by atoms with Crippen molar-refractivity contribution in [2.24, 2.45) is 0 Å². The average molecular weight is 480 g/mol. The molecule has 0 unspecified atom stereocenters. The Balaban J connectivity index is 1.89. The molecule has 0 saturated heterocycles. The van der Waals surface area contributed by atoms with E-state index in [2.05, 4.69) is 16.0 Å². The van der Waals surface area contributed by atoms with Crippen LogP contribution in [0.25, 0.3) is 0 Å². The van der Waals surface area contributed by atoms with Crippen molar-refractivity contribution in [2.45, 2.75) is 12.6 Å². The summed E-state index contributed by atoms with van der Waals surface area (Å²) >= 11 is 0. The van der Waals surface area contributed by atoms with Gasteiger partial charge in [0.2, 0.25) is 11.8 Å². The van der Waals surface area contributed by atoms with Crippen LogP contribution >= 0.6 is 0 Å². The van der Waals surface area contributed by atoms with Crippen molar-refractivity contribution in [2.75, 3.05) is 51.0 Å². The van der Waals surface area contributed by atoms with Crippen LogP contribution in [-0.4, -0.2) is 63.0 Å². The van der Waals surface area contributed by atoms with Gasteiger partial charge in [0.05, 0.1) is 18.7 Å². The number of hydrogen-bond donors (Lipinski definition) is 3. The third-order valence-corrected chi connectivity index (χ3v) is 4.53. The van der Waals surface area contributed by atoms with Gasteiger partial charge < -0.3 is 20.7 Å². The van der Waals surface area contributed by atoms with Crippen LogP contribution in [0.2, 0.25) is 0 Å². The number of alkyl halides is 3. The quantitative estimate of drug-likeness (QED) is 0.430. The molecule has 0 saturated carbocycles. The van der Waals surface area contributed by atoms with Crippen molar-refractivity contribution >= 4 is 29.1 Å². The number of ether oxygens (including phenoxy) is 1. The highest BCUT2D eigenvalue weighted by Crippen LogP contribution is 2.30. The predicted octanol–water partition coefficient (Wildman–Crippen LogP) is 2.98. The first-order chi connectivity index (χ1) is 16.1. The summed E-state index contributed by atoms with van der Waals surface area (Å²) < 4.78 is 43.5. The van der Waals surface area contributed by atoms with E-state index in [1.54, 1.807) is 20.2 Å². The van der Waals surface area contributed by atoms with Crippen LogP contribution in [-0.2, 0) is 20.5 Å². The lowest BCUT2D eigenvalue weighted by Crippen LogP contribution is -2.39. The van der Waals surface area contributed by atoms with Gasteiger partial charge in [-0.3, -0.25) is 19.3 Å². The molecular weight excluding hydrogens is 453 g/mol. The lowest BCUT2D eigenvalue weighted by atomic mass is 10.1. The van der Waals surface area contributed by atoms with Gasteiger partial charge in [0.15, 0.2) is 0 Å². The van der Waals surface area contributed by atoms with Crippen LogP contribution in [0.4, 0.5) is 24.5 Å². The third kappa shape index (κ3) is 9.20. The molecule has 2 rings (SSSR count). The first kappa shape index (κ1) is 26.8. The summed E-state index contributed by atoms with van der Waals surface area (Å²) in [6, 6.07) is 10.3. The monoisotopic (exact) mass is 480 g/mol. The van der Waals surface area contributed by atoms with Crippen LogP contribution in [0.3, 0.4) is 0 Å². The highest BCUT2D eigenvalue weighted by atomic mass is 19.4. The van der Waals surface area contributed by atoms with Crippen molar-refractivity contribution in [3.8, 4) is 0 Å². The molecule has 0 spiro atoms. The highest BCUT2D eigenvalue weighted by Gasteiger charge is 2.30. The topological polar surface area (TPSA) is 99.8 Å². The number of rotatable bonds is 11. The Bertz CT molecular complexity index is 998. The van der Waals surface area contributed by atoms with Crippen LogP contribution < -0.4 is 16.0 Å². The number of likely N-dealkylation sites (N-methyl/N-ethyl adjacent to an activating group) is 1. The molecule has 0 aromatic heterocycles. The van der Waals surface area contributed by atoms with E-state index in [9.17, 15) is 27.6 Å². The van der Waals surface area contributed by atoms with Crippen molar-refractivity contribution in [1.29, 1.82) is 0 Å². The molecule has 0 fully saturated rings. The van der Waals surface area contributed by atoms with Crippen molar-refractivity contribution in [1.82, 2.24) is 10.2 Å². The molecule has 3 N–H and O–H groups in total. The highest BCUT2D eigenvalue weighted by molar-refractivity contribution is 6.05. The number of amides is 3. The minimum Gasteiger partial charge on any atom is -0.385 e. The summed E-state index contributed by atoms with van der Waals surface area (Å²) in [7, 11) is 3.19. The Morgan fingerprint density at radius 2 is 1.59 bits per heavy atom. The van der Waals surface area contributed by atoms with E-state index >= 15 is 0 Å². The number of carbonyl (C=O) groups is 3. The fourth-order valence-corrected chi connectivity index (χ4v) is 2.96. The minimum atomic E-state index is -4.53. The molecule has 0 atom stereocenters. The Hall–Kier alpha value is -3.44. The van der Waals surface area contributed by atoms with E-state index in [1.807, 2.05) is 0 Å². The van der Waals surface area contributed by atoms with Gasteiger partial charge in [-0.25, -0.2) is 0 Å². The molecular formula is C23H27F3N4O4. The number of anilines is 2. The van der Waals surface area contributed by atoms with E-state index in [0.29, 0.717) is 25.3 Å². The van der Waals surface area contributed by atoms with Gasteiger partial charge in [-0.2, -0.15) is 13.2 Å². The lowest BCUT2D eigenvalue weighted by molar-refractivity contribution is -0.137. The Labute approximate surface area is 195 Å². The number of hydrogen-bond acceptors (Lipinski definition) is 5. The maximum absolute atomic E-state index is 12.9. The van der Waals surface area contributed by atoms with Gasteiger partial charge in [0.1, 0.15) is 0 Å². The van der Waals surface area contributed by atoms with E-state index in [1.165, 1.54) is 35.2 Å². The van der Waals surface area contributed by atoms with Gasteiger partial charge in [0, 0.05) is 37.2 Å². The molecule has 0 aliphatic carbocycles. The molecule has 0 aliphatic heterocycles. The second-order valence-corrected chi connectivity index (χ2v) is 7.53. The van der Waals surface area contributed by atoms with Gasteiger partial charge in [-0.05, 0) is 49.9 Å². The van der Waals surface area contributed by atoms with Crippen LogP contribution in [0.5, 0.6) is 0 Å². The zero-order valence-electron chi connectivity index (χ0n) is 18.9.